The van der Waals surface area contributed by atoms with Crippen LogP contribution in [-0.4, -0.2) is 29.9 Å². The highest BCUT2D eigenvalue weighted by Crippen LogP contribution is 2.24. The molecule has 0 aliphatic heterocycles. The molecule has 0 radical (unpaired) electrons. The van der Waals surface area contributed by atoms with Gasteiger partial charge in [0.15, 0.2) is 0 Å². The van der Waals surface area contributed by atoms with E-state index in [0.717, 1.165) is 12.8 Å². The number of nitrogens with one attached hydrogen (secondary N) is 1. The Kier molecular flexibility index (Phi) is 5.00. The molecule has 0 amide bonds. The summed E-state index contributed by atoms with van der Waals surface area (Å²) in [7, 11) is 0. The first-order chi connectivity index (χ1) is 9.52. The van der Waals surface area contributed by atoms with Crippen LogP contribution in [0.2, 0.25) is 0 Å². The van der Waals surface area contributed by atoms with E-state index in [2.05, 4.69) is 5.32 Å². The summed E-state index contributed by atoms with van der Waals surface area (Å²) in [5.41, 5.74) is 0.391. The largest absolute Gasteiger partial charge is 0.493 e. The molecule has 20 heavy (non-hydrogen) atoms. The van der Waals surface area contributed by atoms with E-state index < -0.39 is 0 Å². The molecule has 1 saturated carbocycles. The van der Waals surface area contributed by atoms with Gasteiger partial charge in [0.1, 0.15) is 11.6 Å². The zero-order valence-corrected chi connectivity index (χ0v) is 12.3. The van der Waals surface area contributed by atoms with Gasteiger partial charge in [0.05, 0.1) is 13.2 Å². The van der Waals surface area contributed by atoms with Gasteiger partial charge < -0.3 is 15.2 Å². The number of aliphatic hydroxyl groups is 1. The number of ether oxygens (including phenoxy) is 1. The maximum atomic E-state index is 13.4. The second kappa shape index (κ2) is 6.55. The molecule has 0 heterocycles. The summed E-state index contributed by atoms with van der Waals surface area (Å²) in [5, 5.41) is 13.0. The van der Waals surface area contributed by atoms with E-state index in [1.165, 1.54) is 18.9 Å². The van der Waals surface area contributed by atoms with Gasteiger partial charge in [-0.15, -0.1) is 0 Å². The molecule has 1 aromatic carbocycles. The summed E-state index contributed by atoms with van der Waals surface area (Å²) in [4.78, 5) is 0. The lowest BCUT2D eigenvalue weighted by atomic mass is 9.97. The van der Waals surface area contributed by atoms with Gasteiger partial charge in [-0.1, -0.05) is 6.07 Å². The van der Waals surface area contributed by atoms with Crippen molar-refractivity contribution in [3.05, 3.63) is 29.6 Å². The number of hydrogen-bond acceptors (Lipinski definition) is 3. The average Bonchev–Trinajstić information content (AvgIpc) is 3.22. The molecular formula is C16H24FNO2. The number of hydrogen-bond donors (Lipinski definition) is 2. The normalized spacial score (nSPS) is 17.8. The van der Waals surface area contributed by atoms with E-state index in [0.29, 0.717) is 24.0 Å². The average molecular weight is 281 g/mol. The molecule has 0 bridgehead atoms. The van der Waals surface area contributed by atoms with Crippen LogP contribution in [0.1, 0.15) is 38.2 Å². The van der Waals surface area contributed by atoms with Gasteiger partial charge in [-0.3, -0.25) is 0 Å². The number of aliphatic hydroxyl groups excluding tert-OH is 1. The molecule has 1 fully saturated rings. The third-order valence-corrected chi connectivity index (χ3v) is 3.76. The van der Waals surface area contributed by atoms with E-state index in [4.69, 9.17) is 4.74 Å². The molecule has 1 atom stereocenters. The first kappa shape index (κ1) is 15.3. The van der Waals surface area contributed by atoms with Crippen molar-refractivity contribution in [2.24, 2.45) is 0 Å². The lowest BCUT2D eigenvalue weighted by Gasteiger charge is -2.29. The van der Waals surface area contributed by atoms with Crippen LogP contribution >= 0.6 is 0 Å². The highest BCUT2D eigenvalue weighted by atomic mass is 19.1. The van der Waals surface area contributed by atoms with E-state index >= 15 is 0 Å². The van der Waals surface area contributed by atoms with Crippen molar-refractivity contribution < 1.29 is 14.2 Å². The minimum absolute atomic E-state index is 0.128. The summed E-state index contributed by atoms with van der Waals surface area (Å²) in [6, 6.07) is 5.49. The Bertz CT molecular complexity index is 448. The molecule has 112 valence electrons. The van der Waals surface area contributed by atoms with Crippen LogP contribution in [-0.2, 0) is 0 Å². The predicted molar refractivity (Wildman–Crippen MR) is 77.5 cm³/mol. The zero-order chi connectivity index (χ0) is 14.6. The molecule has 3 nitrogen and oxygen atoms in total. The third-order valence-electron chi connectivity index (χ3n) is 3.76. The van der Waals surface area contributed by atoms with Crippen LogP contribution in [0.4, 0.5) is 4.39 Å². The Hall–Kier alpha value is -1.13. The highest BCUT2D eigenvalue weighted by Gasteiger charge is 2.31. The standard InChI is InChI=1S/C16H24FNO2/c1-12-4-7-14(10-15(12)17)20-9-3-8-16(2,11-19)18-13-5-6-13/h4,7,10,13,18-19H,3,5-6,8-9,11H2,1-2H3. The van der Waals surface area contributed by atoms with Gasteiger partial charge in [-0.2, -0.15) is 0 Å². The van der Waals surface area contributed by atoms with E-state index in [-0.39, 0.29) is 18.0 Å². The van der Waals surface area contributed by atoms with Gasteiger partial charge in [0, 0.05) is 17.6 Å². The molecule has 1 unspecified atom stereocenters. The van der Waals surface area contributed by atoms with Gasteiger partial charge in [-0.05, 0) is 51.2 Å². The fourth-order valence-corrected chi connectivity index (χ4v) is 2.23. The second-order valence-electron chi connectivity index (χ2n) is 6.00. The molecule has 0 spiro atoms. The molecule has 1 aliphatic carbocycles. The molecule has 2 rings (SSSR count). The first-order valence-electron chi connectivity index (χ1n) is 7.30. The van der Waals surface area contributed by atoms with E-state index in [1.54, 1.807) is 19.1 Å². The quantitative estimate of drug-likeness (QED) is 0.720. The first-order valence-corrected chi connectivity index (χ1v) is 7.30. The van der Waals surface area contributed by atoms with Crippen LogP contribution in [0.15, 0.2) is 18.2 Å². The molecule has 2 N–H and O–H groups in total. The monoisotopic (exact) mass is 281 g/mol. The molecule has 0 saturated heterocycles. The Morgan fingerprint density at radius 3 is 2.80 bits per heavy atom. The molecule has 1 aliphatic rings. The third kappa shape index (κ3) is 4.46. The minimum atomic E-state index is -0.238. The summed E-state index contributed by atoms with van der Waals surface area (Å²) in [6.07, 6.45) is 4.07. The fourth-order valence-electron chi connectivity index (χ4n) is 2.23. The van der Waals surface area contributed by atoms with Gasteiger partial charge in [0.2, 0.25) is 0 Å². The fraction of sp³-hybridized carbons (Fsp3) is 0.625. The van der Waals surface area contributed by atoms with Gasteiger partial charge in [-0.25, -0.2) is 4.39 Å². The van der Waals surface area contributed by atoms with Gasteiger partial charge in [0.25, 0.3) is 0 Å². The number of aryl methyl sites for hydroxylation is 1. The lowest BCUT2D eigenvalue weighted by molar-refractivity contribution is 0.154. The van der Waals surface area contributed by atoms with Crippen LogP contribution in [0.3, 0.4) is 0 Å². The van der Waals surface area contributed by atoms with E-state index in [9.17, 15) is 9.50 Å². The predicted octanol–water partition coefficient (Wildman–Crippen LogP) is 2.80. The number of rotatable bonds is 8. The molecule has 1 aromatic rings. The van der Waals surface area contributed by atoms with Gasteiger partial charge >= 0.3 is 0 Å². The maximum absolute atomic E-state index is 13.4. The van der Waals surface area contributed by atoms with Crippen LogP contribution < -0.4 is 10.1 Å². The number of benzene rings is 1. The highest BCUT2D eigenvalue weighted by molar-refractivity contribution is 5.27. The smallest absolute Gasteiger partial charge is 0.129 e. The summed E-state index contributed by atoms with van der Waals surface area (Å²) >= 11 is 0. The van der Waals surface area contributed by atoms with Crippen molar-refractivity contribution >= 4 is 0 Å². The Morgan fingerprint density at radius 1 is 1.45 bits per heavy atom. The van der Waals surface area contributed by atoms with Crippen molar-refractivity contribution in [2.75, 3.05) is 13.2 Å². The molecule has 0 aromatic heterocycles. The van der Waals surface area contributed by atoms with Crippen molar-refractivity contribution in [1.82, 2.24) is 5.32 Å². The van der Waals surface area contributed by atoms with Crippen LogP contribution in [0, 0.1) is 12.7 Å². The molecular weight excluding hydrogens is 257 g/mol. The Balaban J connectivity index is 1.73. The van der Waals surface area contributed by atoms with Crippen molar-refractivity contribution in [1.29, 1.82) is 0 Å². The van der Waals surface area contributed by atoms with Crippen LogP contribution in [0.5, 0.6) is 5.75 Å². The minimum Gasteiger partial charge on any atom is -0.493 e. The van der Waals surface area contributed by atoms with Crippen molar-refractivity contribution in [2.45, 2.75) is 51.1 Å². The lowest BCUT2D eigenvalue weighted by Crippen LogP contribution is -2.47. The second-order valence-corrected chi connectivity index (χ2v) is 6.00. The topological polar surface area (TPSA) is 41.5 Å². The number of halogens is 1. The molecule has 4 heteroatoms. The van der Waals surface area contributed by atoms with E-state index in [1.807, 2.05) is 6.92 Å². The Morgan fingerprint density at radius 2 is 2.20 bits per heavy atom. The maximum Gasteiger partial charge on any atom is 0.129 e. The summed E-state index contributed by atoms with van der Waals surface area (Å²) < 4.78 is 18.9. The van der Waals surface area contributed by atoms with Crippen molar-refractivity contribution in [3.63, 3.8) is 0 Å². The van der Waals surface area contributed by atoms with Crippen molar-refractivity contribution in [3.8, 4) is 5.75 Å². The zero-order valence-electron chi connectivity index (χ0n) is 12.3. The van der Waals surface area contributed by atoms with Crippen LogP contribution in [0.25, 0.3) is 0 Å². The summed E-state index contributed by atoms with van der Waals surface area (Å²) in [5.74, 6) is 0.326. The Labute approximate surface area is 120 Å². The summed E-state index contributed by atoms with van der Waals surface area (Å²) in [6.45, 7) is 4.43. The SMILES string of the molecule is Cc1ccc(OCCCC(C)(CO)NC2CC2)cc1F.